The average Bonchev–Trinajstić information content (AvgIpc) is 2.66. The zero-order chi connectivity index (χ0) is 20.6. The summed E-state index contributed by atoms with van der Waals surface area (Å²) < 4.78 is 29.6. The van der Waals surface area contributed by atoms with Crippen molar-refractivity contribution in [2.75, 3.05) is 17.7 Å². The minimum absolute atomic E-state index is 0.278. The van der Waals surface area contributed by atoms with Gasteiger partial charge in [-0.15, -0.1) is 0 Å². The van der Waals surface area contributed by atoms with Gasteiger partial charge in [0, 0.05) is 5.69 Å². The lowest BCUT2D eigenvalue weighted by Crippen LogP contribution is -2.24. The molecule has 7 heteroatoms. The number of hydrogen-bond donors (Lipinski definition) is 1. The molecular weight excluding hydrogens is 378 g/mol. The summed E-state index contributed by atoms with van der Waals surface area (Å²) in [5, 5.41) is 2.60. The van der Waals surface area contributed by atoms with E-state index in [1.54, 1.807) is 24.3 Å². The molecule has 0 saturated carbocycles. The molecule has 0 fully saturated rings. The molecule has 0 aromatic heterocycles. The number of hydrogen-bond acceptors (Lipinski definition) is 5. The van der Waals surface area contributed by atoms with Gasteiger partial charge in [-0.25, -0.2) is 13.2 Å². The Morgan fingerprint density at radius 1 is 0.929 bits per heavy atom. The van der Waals surface area contributed by atoms with Gasteiger partial charge in [0.15, 0.2) is 9.84 Å². The first-order valence-electron chi connectivity index (χ1n) is 9.18. The predicted molar refractivity (Wildman–Crippen MR) is 109 cm³/mol. The van der Waals surface area contributed by atoms with Gasteiger partial charge in [0.25, 0.3) is 0 Å². The van der Waals surface area contributed by atoms with Crippen LogP contribution in [0, 0.1) is 0 Å². The number of amides is 1. The highest BCUT2D eigenvalue weighted by atomic mass is 32.2. The SMILES string of the molecule is CCCOC(=O)c1ccc(CS(=O)(=O)CC(=O)Nc2ccc(CC)cc2)cc1. The van der Waals surface area contributed by atoms with Crippen molar-refractivity contribution in [3.63, 3.8) is 0 Å². The molecule has 1 N–H and O–H groups in total. The molecule has 0 bridgehead atoms. The van der Waals surface area contributed by atoms with Gasteiger partial charge in [0.2, 0.25) is 5.91 Å². The molecule has 2 aromatic carbocycles. The molecule has 0 atom stereocenters. The van der Waals surface area contributed by atoms with Gasteiger partial charge in [0.1, 0.15) is 5.75 Å². The van der Waals surface area contributed by atoms with Crippen LogP contribution in [0.15, 0.2) is 48.5 Å². The van der Waals surface area contributed by atoms with Crippen LogP contribution in [0.4, 0.5) is 5.69 Å². The normalized spacial score (nSPS) is 11.1. The van der Waals surface area contributed by atoms with E-state index < -0.39 is 27.5 Å². The lowest BCUT2D eigenvalue weighted by Gasteiger charge is -2.08. The first kappa shape index (κ1) is 21.6. The topological polar surface area (TPSA) is 89.5 Å². The van der Waals surface area contributed by atoms with Gasteiger partial charge in [-0.05, 0) is 48.2 Å². The second-order valence-corrected chi connectivity index (χ2v) is 8.53. The van der Waals surface area contributed by atoms with Crippen molar-refractivity contribution in [1.82, 2.24) is 0 Å². The maximum atomic E-state index is 12.3. The monoisotopic (exact) mass is 403 g/mol. The second-order valence-electron chi connectivity index (χ2n) is 6.46. The van der Waals surface area contributed by atoms with E-state index in [9.17, 15) is 18.0 Å². The predicted octanol–water partition coefficient (Wildman–Crippen LogP) is 3.37. The summed E-state index contributed by atoms with van der Waals surface area (Å²) in [5.41, 5.74) is 2.56. The molecule has 0 aliphatic heterocycles. The van der Waals surface area contributed by atoms with Crippen LogP contribution in [0.3, 0.4) is 0 Å². The van der Waals surface area contributed by atoms with E-state index in [2.05, 4.69) is 5.32 Å². The number of anilines is 1. The summed E-state index contributed by atoms with van der Waals surface area (Å²) in [6.45, 7) is 4.27. The van der Waals surface area contributed by atoms with Gasteiger partial charge < -0.3 is 10.1 Å². The summed E-state index contributed by atoms with van der Waals surface area (Å²) in [4.78, 5) is 23.8. The van der Waals surface area contributed by atoms with Crippen molar-refractivity contribution in [3.05, 3.63) is 65.2 Å². The van der Waals surface area contributed by atoms with E-state index in [1.165, 1.54) is 12.1 Å². The van der Waals surface area contributed by atoms with Crippen LogP contribution in [0.2, 0.25) is 0 Å². The van der Waals surface area contributed by atoms with E-state index in [-0.39, 0.29) is 5.75 Å². The van der Waals surface area contributed by atoms with Gasteiger partial charge in [0.05, 0.1) is 17.9 Å². The molecule has 2 aromatic rings. The van der Waals surface area contributed by atoms with E-state index in [0.29, 0.717) is 23.4 Å². The summed E-state index contributed by atoms with van der Waals surface area (Å²) in [6.07, 6.45) is 1.62. The molecule has 2 rings (SSSR count). The molecule has 6 nitrogen and oxygen atoms in total. The summed E-state index contributed by atoms with van der Waals surface area (Å²) >= 11 is 0. The highest BCUT2D eigenvalue weighted by Crippen LogP contribution is 2.13. The van der Waals surface area contributed by atoms with E-state index in [4.69, 9.17) is 4.74 Å². The Bertz CT molecular complexity index is 903. The highest BCUT2D eigenvalue weighted by Gasteiger charge is 2.18. The molecule has 0 unspecified atom stereocenters. The fraction of sp³-hybridized carbons (Fsp3) is 0.333. The third kappa shape index (κ3) is 6.81. The standard InChI is InChI=1S/C21H25NO5S/c1-3-13-27-21(24)18-9-5-17(6-10-18)14-28(25,26)15-20(23)22-19-11-7-16(4-2)8-12-19/h5-12H,3-4,13-15H2,1-2H3,(H,22,23). The molecular formula is C21H25NO5S. The van der Waals surface area contributed by atoms with Crippen LogP contribution < -0.4 is 5.32 Å². The summed E-state index contributed by atoms with van der Waals surface area (Å²) in [7, 11) is -3.64. The van der Waals surface area contributed by atoms with Gasteiger partial charge in [-0.2, -0.15) is 0 Å². The van der Waals surface area contributed by atoms with Crippen molar-refractivity contribution < 1.29 is 22.7 Å². The van der Waals surface area contributed by atoms with Crippen LogP contribution in [0.5, 0.6) is 0 Å². The molecule has 0 radical (unpaired) electrons. The maximum absolute atomic E-state index is 12.3. The van der Waals surface area contributed by atoms with Crippen LogP contribution >= 0.6 is 0 Å². The molecule has 0 aliphatic rings. The second kappa shape index (κ2) is 10.0. The molecule has 1 amide bonds. The van der Waals surface area contributed by atoms with Crippen molar-refractivity contribution in [1.29, 1.82) is 0 Å². The van der Waals surface area contributed by atoms with Crippen molar-refractivity contribution in [3.8, 4) is 0 Å². The molecule has 0 saturated heterocycles. The van der Waals surface area contributed by atoms with E-state index in [0.717, 1.165) is 18.4 Å². The number of nitrogens with one attached hydrogen (secondary N) is 1. The van der Waals surface area contributed by atoms with Gasteiger partial charge >= 0.3 is 5.97 Å². The molecule has 0 aliphatic carbocycles. The van der Waals surface area contributed by atoms with Gasteiger partial charge in [-0.3, -0.25) is 4.79 Å². The van der Waals surface area contributed by atoms with E-state index >= 15 is 0 Å². The van der Waals surface area contributed by atoms with Crippen LogP contribution in [0.1, 0.15) is 41.8 Å². The van der Waals surface area contributed by atoms with Crippen LogP contribution in [-0.4, -0.2) is 32.7 Å². The fourth-order valence-electron chi connectivity index (χ4n) is 2.54. The maximum Gasteiger partial charge on any atom is 0.338 e. The number of sulfone groups is 1. The Balaban J connectivity index is 1.93. The van der Waals surface area contributed by atoms with Crippen molar-refractivity contribution >= 4 is 27.4 Å². The summed E-state index contributed by atoms with van der Waals surface area (Å²) in [5.74, 6) is -1.91. The third-order valence-corrected chi connectivity index (χ3v) is 5.49. The largest absolute Gasteiger partial charge is 0.462 e. The zero-order valence-corrected chi connectivity index (χ0v) is 16.9. The summed E-state index contributed by atoms with van der Waals surface area (Å²) in [6, 6.07) is 13.4. The highest BCUT2D eigenvalue weighted by molar-refractivity contribution is 7.91. The number of esters is 1. The average molecular weight is 404 g/mol. The zero-order valence-electron chi connectivity index (χ0n) is 16.1. The Morgan fingerprint density at radius 2 is 1.54 bits per heavy atom. The smallest absolute Gasteiger partial charge is 0.338 e. The molecule has 0 heterocycles. The first-order valence-corrected chi connectivity index (χ1v) is 11.0. The number of ether oxygens (including phenoxy) is 1. The Labute approximate surface area is 165 Å². The quantitative estimate of drug-likeness (QED) is 0.649. The Hall–Kier alpha value is -2.67. The number of carbonyl (C=O) groups is 2. The van der Waals surface area contributed by atoms with Gasteiger partial charge in [-0.1, -0.05) is 38.1 Å². The minimum Gasteiger partial charge on any atom is -0.462 e. The van der Waals surface area contributed by atoms with Crippen molar-refractivity contribution in [2.45, 2.75) is 32.4 Å². The fourth-order valence-corrected chi connectivity index (χ4v) is 3.81. The minimum atomic E-state index is -3.64. The molecule has 0 spiro atoms. The van der Waals surface area contributed by atoms with Crippen molar-refractivity contribution in [2.24, 2.45) is 0 Å². The molecule has 28 heavy (non-hydrogen) atoms. The number of carbonyl (C=O) groups excluding carboxylic acids is 2. The lowest BCUT2D eigenvalue weighted by atomic mass is 10.1. The third-order valence-electron chi connectivity index (χ3n) is 4.01. The Morgan fingerprint density at radius 3 is 2.11 bits per heavy atom. The lowest BCUT2D eigenvalue weighted by molar-refractivity contribution is -0.113. The van der Waals surface area contributed by atoms with E-state index in [1.807, 2.05) is 26.0 Å². The number of aryl methyl sites for hydroxylation is 1. The van der Waals surface area contributed by atoms with Crippen LogP contribution in [-0.2, 0) is 31.5 Å². The van der Waals surface area contributed by atoms with Crippen LogP contribution in [0.25, 0.3) is 0 Å². The Kier molecular flexibility index (Phi) is 7.75. The number of rotatable bonds is 9. The number of benzene rings is 2. The molecule has 150 valence electrons. The first-order chi connectivity index (χ1) is 13.3.